The zero-order valence-electron chi connectivity index (χ0n) is 12.7. The Morgan fingerprint density at radius 2 is 2.26 bits per heavy atom. The highest BCUT2D eigenvalue weighted by Crippen LogP contribution is 2.27. The van der Waals surface area contributed by atoms with Crippen molar-refractivity contribution < 1.29 is 0 Å². The first-order chi connectivity index (χ1) is 9.06. The van der Waals surface area contributed by atoms with Crippen LogP contribution < -0.4 is 10.2 Å². The van der Waals surface area contributed by atoms with Gasteiger partial charge in [-0.3, -0.25) is 4.98 Å². The summed E-state index contributed by atoms with van der Waals surface area (Å²) < 4.78 is 0. The fourth-order valence-corrected chi connectivity index (χ4v) is 2.65. The minimum absolute atomic E-state index is 0.689. The van der Waals surface area contributed by atoms with Crippen molar-refractivity contribution in [3.8, 4) is 0 Å². The van der Waals surface area contributed by atoms with E-state index in [9.17, 15) is 0 Å². The van der Waals surface area contributed by atoms with Gasteiger partial charge in [-0.1, -0.05) is 20.8 Å². The molecule has 2 rings (SSSR count). The van der Waals surface area contributed by atoms with E-state index in [2.05, 4.69) is 49.0 Å². The summed E-state index contributed by atoms with van der Waals surface area (Å²) in [5.74, 6) is 1.50. The fraction of sp³-hybridized carbons (Fsp3) is 0.688. The van der Waals surface area contributed by atoms with E-state index >= 15 is 0 Å². The molecule has 0 bridgehead atoms. The first-order valence-electron chi connectivity index (χ1n) is 7.47. The van der Waals surface area contributed by atoms with Crippen LogP contribution in [-0.2, 0) is 6.54 Å². The fourth-order valence-electron chi connectivity index (χ4n) is 2.65. The molecule has 106 valence electrons. The molecule has 1 saturated heterocycles. The third kappa shape index (κ3) is 3.93. The van der Waals surface area contributed by atoms with Crippen LogP contribution in [0.4, 0.5) is 5.69 Å². The molecular formula is C16H27N3. The van der Waals surface area contributed by atoms with Gasteiger partial charge in [0.25, 0.3) is 0 Å². The highest BCUT2D eigenvalue weighted by Gasteiger charge is 2.21. The molecule has 0 spiro atoms. The zero-order chi connectivity index (χ0) is 13.8. The van der Waals surface area contributed by atoms with Gasteiger partial charge in [-0.25, -0.2) is 0 Å². The summed E-state index contributed by atoms with van der Waals surface area (Å²) in [5, 5.41) is 3.53. The second kappa shape index (κ2) is 6.38. The van der Waals surface area contributed by atoms with Crippen LogP contribution in [0, 0.1) is 18.8 Å². The molecule has 2 heterocycles. The van der Waals surface area contributed by atoms with E-state index in [0.29, 0.717) is 5.92 Å². The third-order valence-electron chi connectivity index (χ3n) is 3.73. The Hall–Kier alpha value is -1.09. The molecule has 1 atom stereocenters. The second-order valence-corrected chi connectivity index (χ2v) is 6.32. The van der Waals surface area contributed by atoms with Gasteiger partial charge in [-0.15, -0.1) is 0 Å². The molecule has 1 aromatic heterocycles. The Morgan fingerprint density at radius 1 is 1.47 bits per heavy atom. The lowest BCUT2D eigenvalue weighted by Gasteiger charge is -2.22. The normalized spacial score (nSPS) is 19.4. The number of rotatable bonds is 5. The standard InChI is InChI=1S/C16H27N3/c1-12(2)8-17-9-15-10-18-14(4)7-16(15)19-6-5-13(3)11-19/h7,10,12-13,17H,5-6,8-9,11H2,1-4H3. The molecule has 1 aliphatic rings. The number of hydrogen-bond acceptors (Lipinski definition) is 3. The number of nitrogens with one attached hydrogen (secondary N) is 1. The largest absolute Gasteiger partial charge is 0.371 e. The van der Waals surface area contributed by atoms with E-state index < -0.39 is 0 Å². The number of aromatic nitrogens is 1. The van der Waals surface area contributed by atoms with Crippen LogP contribution in [0.1, 0.15) is 38.4 Å². The highest BCUT2D eigenvalue weighted by atomic mass is 15.2. The minimum Gasteiger partial charge on any atom is -0.371 e. The van der Waals surface area contributed by atoms with Crippen LogP contribution in [0.15, 0.2) is 12.3 Å². The lowest BCUT2D eigenvalue weighted by molar-refractivity contribution is 0.551. The molecular weight excluding hydrogens is 234 g/mol. The molecule has 1 fully saturated rings. The van der Waals surface area contributed by atoms with Gasteiger partial charge in [-0.05, 0) is 37.8 Å². The monoisotopic (exact) mass is 261 g/mol. The molecule has 0 amide bonds. The van der Waals surface area contributed by atoms with Crippen LogP contribution in [0.3, 0.4) is 0 Å². The molecule has 0 saturated carbocycles. The van der Waals surface area contributed by atoms with Gasteiger partial charge < -0.3 is 10.2 Å². The molecule has 1 aliphatic heterocycles. The Balaban J connectivity index is 2.09. The van der Waals surface area contributed by atoms with Crippen LogP contribution in [0.25, 0.3) is 0 Å². The molecule has 1 N–H and O–H groups in total. The van der Waals surface area contributed by atoms with Crippen molar-refractivity contribution in [1.29, 1.82) is 0 Å². The number of aryl methyl sites for hydroxylation is 1. The summed E-state index contributed by atoms with van der Waals surface area (Å²) in [5.41, 5.74) is 3.83. The van der Waals surface area contributed by atoms with Gasteiger partial charge in [0.15, 0.2) is 0 Å². The first-order valence-corrected chi connectivity index (χ1v) is 7.47. The van der Waals surface area contributed by atoms with Crippen LogP contribution in [0.2, 0.25) is 0 Å². The van der Waals surface area contributed by atoms with Gasteiger partial charge in [-0.2, -0.15) is 0 Å². The number of pyridine rings is 1. The van der Waals surface area contributed by atoms with Crippen LogP contribution in [0.5, 0.6) is 0 Å². The topological polar surface area (TPSA) is 28.2 Å². The average Bonchev–Trinajstić information content (AvgIpc) is 2.77. The van der Waals surface area contributed by atoms with Gasteiger partial charge in [0, 0.05) is 42.8 Å². The van der Waals surface area contributed by atoms with Crippen LogP contribution >= 0.6 is 0 Å². The predicted molar refractivity (Wildman–Crippen MR) is 81.5 cm³/mol. The minimum atomic E-state index is 0.689. The summed E-state index contributed by atoms with van der Waals surface area (Å²) in [4.78, 5) is 6.98. The molecule has 0 aliphatic carbocycles. The number of nitrogens with zero attached hydrogens (tertiary/aromatic N) is 2. The zero-order valence-corrected chi connectivity index (χ0v) is 12.7. The van der Waals surface area contributed by atoms with Gasteiger partial charge in [0.05, 0.1) is 0 Å². The highest BCUT2D eigenvalue weighted by molar-refractivity contribution is 5.54. The van der Waals surface area contributed by atoms with Gasteiger partial charge in [0.2, 0.25) is 0 Å². The average molecular weight is 261 g/mol. The maximum Gasteiger partial charge on any atom is 0.0445 e. The van der Waals surface area contributed by atoms with E-state index in [1.807, 2.05) is 6.20 Å². The summed E-state index contributed by atoms with van der Waals surface area (Å²) in [6.45, 7) is 13.2. The molecule has 0 aromatic carbocycles. The Bertz CT molecular complexity index is 414. The quantitative estimate of drug-likeness (QED) is 0.883. The van der Waals surface area contributed by atoms with E-state index in [1.165, 1.54) is 30.8 Å². The van der Waals surface area contributed by atoms with E-state index in [-0.39, 0.29) is 0 Å². The van der Waals surface area contributed by atoms with E-state index in [4.69, 9.17) is 0 Å². The smallest absolute Gasteiger partial charge is 0.0445 e. The van der Waals surface area contributed by atoms with E-state index in [0.717, 1.165) is 24.7 Å². The molecule has 1 unspecified atom stereocenters. The Morgan fingerprint density at radius 3 is 2.89 bits per heavy atom. The molecule has 3 heteroatoms. The van der Waals surface area contributed by atoms with Crippen molar-refractivity contribution >= 4 is 5.69 Å². The maximum atomic E-state index is 4.46. The van der Waals surface area contributed by atoms with Crippen LogP contribution in [-0.4, -0.2) is 24.6 Å². The predicted octanol–water partition coefficient (Wildman–Crippen LogP) is 2.98. The maximum absolute atomic E-state index is 4.46. The Kier molecular flexibility index (Phi) is 4.81. The Labute approximate surface area is 117 Å². The third-order valence-corrected chi connectivity index (χ3v) is 3.73. The van der Waals surface area contributed by atoms with Crippen molar-refractivity contribution in [1.82, 2.24) is 10.3 Å². The number of hydrogen-bond donors (Lipinski definition) is 1. The molecule has 0 radical (unpaired) electrons. The van der Waals surface area contributed by atoms with Crippen molar-refractivity contribution in [2.75, 3.05) is 24.5 Å². The lowest BCUT2D eigenvalue weighted by atomic mass is 10.1. The lowest BCUT2D eigenvalue weighted by Crippen LogP contribution is -2.24. The van der Waals surface area contributed by atoms with Crippen molar-refractivity contribution in [2.24, 2.45) is 11.8 Å². The van der Waals surface area contributed by atoms with Crippen molar-refractivity contribution in [3.63, 3.8) is 0 Å². The van der Waals surface area contributed by atoms with Crippen molar-refractivity contribution in [3.05, 3.63) is 23.5 Å². The van der Waals surface area contributed by atoms with Crippen molar-refractivity contribution in [2.45, 2.75) is 40.7 Å². The second-order valence-electron chi connectivity index (χ2n) is 6.32. The molecule has 19 heavy (non-hydrogen) atoms. The summed E-state index contributed by atoms with van der Waals surface area (Å²) in [6, 6.07) is 2.24. The van der Waals surface area contributed by atoms with Gasteiger partial charge in [0.1, 0.15) is 0 Å². The number of anilines is 1. The summed E-state index contributed by atoms with van der Waals surface area (Å²) in [6.07, 6.45) is 3.35. The molecule has 1 aromatic rings. The summed E-state index contributed by atoms with van der Waals surface area (Å²) in [7, 11) is 0. The first kappa shape index (κ1) is 14.3. The van der Waals surface area contributed by atoms with E-state index in [1.54, 1.807) is 0 Å². The SMILES string of the molecule is Cc1cc(N2CCC(C)C2)c(CNCC(C)C)cn1. The summed E-state index contributed by atoms with van der Waals surface area (Å²) >= 11 is 0. The van der Waals surface area contributed by atoms with Gasteiger partial charge >= 0.3 is 0 Å². The molecule has 3 nitrogen and oxygen atoms in total.